The summed E-state index contributed by atoms with van der Waals surface area (Å²) in [5.41, 5.74) is 0.896. The molecule has 0 aromatic carbocycles. The molecule has 2 heterocycles. The first-order chi connectivity index (χ1) is 10.5. The van der Waals surface area contributed by atoms with Gasteiger partial charge in [-0.25, -0.2) is 4.79 Å². The standard InChI is InChI=1S/C16H29N5O/c1-12(2)9-14(21-7-5-6-8-21)11-17-16(22)18-15-10-13(3)19-20(15)4/h10,12,14H,5-9,11H2,1-4H3,(H2,17,18,22)/t14-/m0/s1. The van der Waals surface area contributed by atoms with E-state index in [2.05, 4.69) is 34.5 Å². The van der Waals surface area contributed by atoms with Crippen molar-refractivity contribution >= 4 is 11.8 Å². The SMILES string of the molecule is Cc1cc(NC(=O)NC[C@H](CC(C)C)N2CCCC2)n(C)n1. The van der Waals surface area contributed by atoms with E-state index in [-0.39, 0.29) is 6.03 Å². The van der Waals surface area contributed by atoms with E-state index in [0.29, 0.717) is 18.5 Å². The van der Waals surface area contributed by atoms with Crippen LogP contribution in [0.3, 0.4) is 0 Å². The molecule has 1 aromatic heterocycles. The summed E-state index contributed by atoms with van der Waals surface area (Å²) in [5.74, 6) is 1.35. The normalized spacial score (nSPS) is 17.0. The van der Waals surface area contributed by atoms with Crippen LogP contribution in [0.4, 0.5) is 10.6 Å². The number of anilines is 1. The third-order valence-corrected chi connectivity index (χ3v) is 4.14. The Labute approximate surface area is 133 Å². The van der Waals surface area contributed by atoms with Crippen molar-refractivity contribution in [1.82, 2.24) is 20.0 Å². The van der Waals surface area contributed by atoms with Crippen molar-refractivity contribution < 1.29 is 4.79 Å². The van der Waals surface area contributed by atoms with Crippen molar-refractivity contribution in [3.05, 3.63) is 11.8 Å². The topological polar surface area (TPSA) is 62.2 Å². The third kappa shape index (κ3) is 4.73. The lowest BCUT2D eigenvalue weighted by Crippen LogP contribution is -2.44. The number of urea groups is 1. The van der Waals surface area contributed by atoms with Crippen LogP contribution in [0.1, 0.15) is 38.8 Å². The molecule has 0 radical (unpaired) electrons. The molecule has 2 amide bonds. The van der Waals surface area contributed by atoms with Gasteiger partial charge in [0.2, 0.25) is 0 Å². The molecule has 0 spiro atoms. The minimum atomic E-state index is -0.157. The highest BCUT2D eigenvalue weighted by molar-refractivity contribution is 5.88. The molecule has 0 unspecified atom stereocenters. The predicted molar refractivity (Wildman–Crippen MR) is 89.0 cm³/mol. The van der Waals surface area contributed by atoms with Gasteiger partial charge in [0.05, 0.1) is 5.69 Å². The lowest BCUT2D eigenvalue weighted by molar-refractivity contribution is 0.204. The second-order valence-electron chi connectivity index (χ2n) is 6.66. The molecule has 1 fully saturated rings. The fourth-order valence-corrected chi connectivity index (χ4v) is 3.11. The molecule has 2 N–H and O–H groups in total. The molecule has 1 aliphatic heterocycles. The van der Waals surface area contributed by atoms with Crippen LogP contribution in [-0.4, -0.2) is 46.4 Å². The summed E-state index contributed by atoms with van der Waals surface area (Å²) in [6.45, 7) is 9.39. The van der Waals surface area contributed by atoms with Gasteiger partial charge in [0, 0.05) is 25.7 Å². The van der Waals surface area contributed by atoms with Crippen molar-refractivity contribution in [1.29, 1.82) is 0 Å². The predicted octanol–water partition coefficient (Wildman–Crippen LogP) is 2.36. The Morgan fingerprint density at radius 2 is 2.05 bits per heavy atom. The van der Waals surface area contributed by atoms with Crippen LogP contribution in [0.25, 0.3) is 0 Å². The highest BCUT2D eigenvalue weighted by Crippen LogP contribution is 2.17. The summed E-state index contributed by atoms with van der Waals surface area (Å²) in [5, 5.41) is 10.1. The van der Waals surface area contributed by atoms with Crippen LogP contribution in [0.15, 0.2) is 6.07 Å². The van der Waals surface area contributed by atoms with Gasteiger partial charge in [-0.2, -0.15) is 5.10 Å². The Balaban J connectivity index is 1.85. The third-order valence-electron chi connectivity index (χ3n) is 4.14. The van der Waals surface area contributed by atoms with Gasteiger partial charge >= 0.3 is 6.03 Å². The van der Waals surface area contributed by atoms with E-state index in [4.69, 9.17) is 0 Å². The highest BCUT2D eigenvalue weighted by atomic mass is 16.2. The Hall–Kier alpha value is -1.56. The first-order valence-electron chi connectivity index (χ1n) is 8.25. The molecule has 22 heavy (non-hydrogen) atoms. The average molecular weight is 307 g/mol. The smallest absolute Gasteiger partial charge is 0.320 e. The molecule has 1 saturated heterocycles. The second kappa shape index (κ2) is 7.63. The molecule has 124 valence electrons. The minimum absolute atomic E-state index is 0.157. The molecule has 0 bridgehead atoms. The summed E-state index contributed by atoms with van der Waals surface area (Å²) >= 11 is 0. The molecule has 1 atom stereocenters. The maximum absolute atomic E-state index is 12.1. The molecule has 0 aliphatic carbocycles. The summed E-state index contributed by atoms with van der Waals surface area (Å²) in [7, 11) is 1.83. The fraction of sp³-hybridized carbons (Fsp3) is 0.750. The van der Waals surface area contributed by atoms with Gasteiger partial charge in [0.25, 0.3) is 0 Å². The van der Waals surface area contributed by atoms with Gasteiger partial charge in [0.1, 0.15) is 5.82 Å². The number of nitrogens with zero attached hydrogens (tertiary/aromatic N) is 3. The maximum atomic E-state index is 12.1. The molecular formula is C16H29N5O. The monoisotopic (exact) mass is 307 g/mol. The Morgan fingerprint density at radius 3 is 2.59 bits per heavy atom. The molecule has 2 rings (SSSR count). The quantitative estimate of drug-likeness (QED) is 0.848. The van der Waals surface area contributed by atoms with E-state index in [1.807, 2.05) is 20.0 Å². The molecule has 6 heteroatoms. The number of carbonyl (C=O) groups excluding carboxylic acids is 1. The largest absolute Gasteiger partial charge is 0.336 e. The summed E-state index contributed by atoms with van der Waals surface area (Å²) in [6, 6.07) is 2.14. The summed E-state index contributed by atoms with van der Waals surface area (Å²) < 4.78 is 1.68. The Morgan fingerprint density at radius 1 is 1.36 bits per heavy atom. The summed E-state index contributed by atoms with van der Waals surface area (Å²) in [6.07, 6.45) is 3.66. The van der Waals surface area contributed by atoms with Crippen molar-refractivity contribution in [3.63, 3.8) is 0 Å². The van der Waals surface area contributed by atoms with E-state index in [1.165, 1.54) is 12.8 Å². The van der Waals surface area contributed by atoms with Gasteiger partial charge in [-0.1, -0.05) is 13.8 Å². The van der Waals surface area contributed by atoms with Crippen LogP contribution < -0.4 is 10.6 Å². The maximum Gasteiger partial charge on any atom is 0.320 e. The minimum Gasteiger partial charge on any atom is -0.336 e. The van der Waals surface area contributed by atoms with Crippen LogP contribution in [-0.2, 0) is 7.05 Å². The van der Waals surface area contributed by atoms with E-state index in [1.54, 1.807) is 4.68 Å². The number of nitrogens with one attached hydrogen (secondary N) is 2. The van der Waals surface area contributed by atoms with Gasteiger partial charge in [-0.15, -0.1) is 0 Å². The molecule has 6 nitrogen and oxygen atoms in total. The van der Waals surface area contributed by atoms with Crippen molar-refractivity contribution in [2.75, 3.05) is 25.0 Å². The Bertz CT molecular complexity index is 491. The number of aryl methyl sites for hydroxylation is 2. The zero-order valence-electron chi connectivity index (χ0n) is 14.2. The molecular weight excluding hydrogens is 278 g/mol. The van der Waals surface area contributed by atoms with Gasteiger partial charge in [-0.05, 0) is 45.2 Å². The van der Waals surface area contributed by atoms with Gasteiger partial charge in [-0.3, -0.25) is 14.9 Å². The van der Waals surface area contributed by atoms with Crippen molar-refractivity contribution in [3.8, 4) is 0 Å². The summed E-state index contributed by atoms with van der Waals surface area (Å²) in [4.78, 5) is 14.6. The van der Waals surface area contributed by atoms with E-state index >= 15 is 0 Å². The average Bonchev–Trinajstić information content (AvgIpc) is 3.05. The highest BCUT2D eigenvalue weighted by Gasteiger charge is 2.23. The van der Waals surface area contributed by atoms with E-state index in [9.17, 15) is 4.79 Å². The number of rotatable bonds is 6. The second-order valence-corrected chi connectivity index (χ2v) is 6.66. The number of carbonyl (C=O) groups is 1. The van der Waals surface area contributed by atoms with E-state index in [0.717, 1.165) is 31.0 Å². The van der Waals surface area contributed by atoms with Crippen molar-refractivity contribution in [2.45, 2.75) is 46.1 Å². The number of likely N-dealkylation sites (tertiary alicyclic amines) is 1. The number of aromatic nitrogens is 2. The lowest BCUT2D eigenvalue weighted by atomic mass is 10.0. The molecule has 1 aromatic rings. The first kappa shape index (κ1) is 16.8. The lowest BCUT2D eigenvalue weighted by Gasteiger charge is -2.29. The van der Waals surface area contributed by atoms with Crippen LogP contribution in [0, 0.1) is 12.8 Å². The number of amides is 2. The molecule has 0 saturated carbocycles. The number of hydrogen-bond donors (Lipinski definition) is 2. The zero-order valence-corrected chi connectivity index (χ0v) is 14.2. The van der Waals surface area contributed by atoms with E-state index < -0.39 is 0 Å². The first-order valence-corrected chi connectivity index (χ1v) is 8.25. The molecule has 1 aliphatic rings. The zero-order chi connectivity index (χ0) is 16.1. The fourth-order valence-electron chi connectivity index (χ4n) is 3.11. The van der Waals surface area contributed by atoms with Crippen LogP contribution in [0.2, 0.25) is 0 Å². The van der Waals surface area contributed by atoms with Crippen molar-refractivity contribution in [2.24, 2.45) is 13.0 Å². The van der Waals surface area contributed by atoms with Gasteiger partial charge in [0.15, 0.2) is 0 Å². The number of hydrogen-bond acceptors (Lipinski definition) is 3. The Kier molecular flexibility index (Phi) is 5.83. The van der Waals surface area contributed by atoms with Gasteiger partial charge < -0.3 is 5.32 Å². The van der Waals surface area contributed by atoms with Crippen LogP contribution in [0.5, 0.6) is 0 Å². The van der Waals surface area contributed by atoms with Crippen LogP contribution >= 0.6 is 0 Å².